The summed E-state index contributed by atoms with van der Waals surface area (Å²) in [6, 6.07) is 7.44. The molecule has 25 heavy (non-hydrogen) atoms. The topological polar surface area (TPSA) is 86.4 Å². The van der Waals surface area contributed by atoms with Gasteiger partial charge in [0.05, 0.1) is 11.4 Å². The summed E-state index contributed by atoms with van der Waals surface area (Å²) in [6.45, 7) is 6.59. The molecule has 1 aliphatic rings. The van der Waals surface area contributed by atoms with E-state index in [1.165, 1.54) is 4.31 Å². The average Bonchev–Trinajstić information content (AvgIpc) is 2.94. The monoisotopic (exact) mass is 362 g/mol. The van der Waals surface area contributed by atoms with Crippen molar-refractivity contribution < 1.29 is 13.2 Å². The number of nitrogens with zero attached hydrogens (tertiary/aromatic N) is 3. The molecular weight excluding hydrogens is 340 g/mol. The van der Waals surface area contributed by atoms with Gasteiger partial charge in [0.25, 0.3) is 5.91 Å². The Kier molecular flexibility index (Phi) is 4.66. The van der Waals surface area contributed by atoms with Crippen molar-refractivity contribution in [3.8, 4) is 0 Å². The summed E-state index contributed by atoms with van der Waals surface area (Å²) in [5, 5.41) is 6.69. The van der Waals surface area contributed by atoms with Crippen LogP contribution >= 0.6 is 0 Å². The van der Waals surface area contributed by atoms with Crippen molar-refractivity contribution >= 4 is 15.9 Å². The van der Waals surface area contributed by atoms with Crippen LogP contribution in [0.15, 0.2) is 29.2 Å². The summed E-state index contributed by atoms with van der Waals surface area (Å²) in [4.78, 5) is 14.6. The number of aromatic amines is 1. The summed E-state index contributed by atoms with van der Waals surface area (Å²) in [5.74, 6) is -0.0502. The number of benzene rings is 1. The van der Waals surface area contributed by atoms with Crippen LogP contribution in [-0.4, -0.2) is 59.9 Å². The molecule has 0 saturated carbocycles. The summed E-state index contributed by atoms with van der Waals surface area (Å²) in [7, 11) is -3.60. The lowest BCUT2D eigenvalue weighted by Crippen LogP contribution is -2.50. The predicted octanol–water partition coefficient (Wildman–Crippen LogP) is 1.48. The number of rotatable bonds is 3. The van der Waals surface area contributed by atoms with Crippen LogP contribution in [0.1, 0.15) is 27.3 Å². The molecule has 8 heteroatoms. The fourth-order valence-corrected chi connectivity index (χ4v) is 4.92. The number of sulfonamides is 1. The zero-order valence-corrected chi connectivity index (χ0v) is 15.4. The number of nitrogens with one attached hydrogen (secondary N) is 1. The van der Waals surface area contributed by atoms with Gasteiger partial charge < -0.3 is 4.90 Å². The Morgan fingerprint density at radius 1 is 1.08 bits per heavy atom. The molecule has 7 nitrogen and oxygen atoms in total. The molecule has 0 radical (unpaired) electrons. The van der Waals surface area contributed by atoms with E-state index in [2.05, 4.69) is 10.2 Å². The molecule has 1 saturated heterocycles. The second-order valence-electron chi connectivity index (χ2n) is 6.27. The number of piperazine rings is 1. The Hall–Kier alpha value is -2.19. The van der Waals surface area contributed by atoms with Gasteiger partial charge in [-0.2, -0.15) is 9.40 Å². The first kappa shape index (κ1) is 17.6. The van der Waals surface area contributed by atoms with E-state index in [1.54, 1.807) is 24.8 Å². The Morgan fingerprint density at radius 2 is 1.72 bits per heavy atom. The Balaban J connectivity index is 1.74. The van der Waals surface area contributed by atoms with Gasteiger partial charge in [-0.3, -0.25) is 9.89 Å². The van der Waals surface area contributed by atoms with E-state index < -0.39 is 10.0 Å². The maximum Gasteiger partial charge on any atom is 0.254 e. The van der Waals surface area contributed by atoms with Crippen LogP contribution in [0.25, 0.3) is 0 Å². The summed E-state index contributed by atoms with van der Waals surface area (Å²) in [6.07, 6.45) is 0. The minimum absolute atomic E-state index is 0.0502. The molecule has 1 aromatic heterocycles. The first-order valence-corrected chi connectivity index (χ1v) is 9.63. The first-order chi connectivity index (χ1) is 11.8. The van der Waals surface area contributed by atoms with Crippen molar-refractivity contribution in [3.63, 3.8) is 0 Å². The summed E-state index contributed by atoms with van der Waals surface area (Å²) in [5.41, 5.74) is 2.60. The van der Waals surface area contributed by atoms with Crippen molar-refractivity contribution in [2.45, 2.75) is 25.7 Å². The van der Waals surface area contributed by atoms with Crippen molar-refractivity contribution in [3.05, 3.63) is 46.8 Å². The van der Waals surface area contributed by atoms with Crippen molar-refractivity contribution in [1.82, 2.24) is 19.4 Å². The van der Waals surface area contributed by atoms with E-state index in [4.69, 9.17) is 0 Å². The molecule has 1 amide bonds. The molecule has 0 spiro atoms. The molecule has 1 N–H and O–H groups in total. The van der Waals surface area contributed by atoms with Crippen LogP contribution in [0, 0.1) is 20.8 Å². The number of hydrogen-bond donors (Lipinski definition) is 1. The van der Waals surface area contributed by atoms with Gasteiger partial charge in [-0.25, -0.2) is 8.42 Å². The SMILES string of the molecule is Cc1ccccc1C(=O)N1CCN(S(=O)(=O)c2c(C)n[nH]c2C)CC1. The van der Waals surface area contributed by atoms with Crippen LogP contribution in [0.2, 0.25) is 0 Å². The van der Waals surface area contributed by atoms with Crippen molar-refractivity contribution in [1.29, 1.82) is 0 Å². The molecule has 134 valence electrons. The molecule has 2 aromatic rings. The number of carbonyl (C=O) groups excluding carboxylic acids is 1. The maximum absolute atomic E-state index is 12.9. The van der Waals surface area contributed by atoms with Crippen LogP contribution in [0.4, 0.5) is 0 Å². The highest BCUT2D eigenvalue weighted by Gasteiger charge is 2.33. The highest BCUT2D eigenvalue weighted by Crippen LogP contribution is 2.23. The second-order valence-corrected chi connectivity index (χ2v) is 8.15. The number of carbonyl (C=O) groups is 1. The molecule has 2 heterocycles. The Bertz CT molecular complexity index is 877. The Morgan fingerprint density at radius 3 is 2.28 bits per heavy atom. The first-order valence-electron chi connectivity index (χ1n) is 8.19. The number of H-pyrrole nitrogens is 1. The number of aryl methyl sites for hydroxylation is 3. The van der Waals surface area contributed by atoms with Gasteiger partial charge in [0.15, 0.2) is 0 Å². The fraction of sp³-hybridized carbons (Fsp3) is 0.412. The highest BCUT2D eigenvalue weighted by atomic mass is 32.2. The van der Waals surface area contributed by atoms with Crippen molar-refractivity contribution in [2.24, 2.45) is 0 Å². The second kappa shape index (κ2) is 6.61. The molecule has 0 atom stereocenters. The molecule has 0 unspecified atom stereocenters. The summed E-state index contributed by atoms with van der Waals surface area (Å²) >= 11 is 0. The number of aromatic nitrogens is 2. The lowest BCUT2D eigenvalue weighted by Gasteiger charge is -2.34. The van der Waals surface area contributed by atoms with Gasteiger partial charge >= 0.3 is 0 Å². The standard InChI is InChI=1S/C17H22N4O3S/c1-12-6-4-5-7-15(12)17(22)20-8-10-21(11-9-20)25(23,24)16-13(2)18-19-14(16)3/h4-7H,8-11H2,1-3H3,(H,18,19). The van der Waals surface area contributed by atoms with Gasteiger partial charge in [-0.1, -0.05) is 18.2 Å². The van der Waals surface area contributed by atoms with Crippen LogP contribution in [0.5, 0.6) is 0 Å². The maximum atomic E-state index is 12.9. The third-order valence-corrected chi connectivity index (χ3v) is 6.72. The zero-order valence-electron chi connectivity index (χ0n) is 14.6. The average molecular weight is 362 g/mol. The van der Waals surface area contributed by atoms with E-state index in [9.17, 15) is 13.2 Å². The van der Waals surface area contributed by atoms with Gasteiger partial charge in [0.1, 0.15) is 4.90 Å². The van der Waals surface area contributed by atoms with E-state index >= 15 is 0 Å². The summed E-state index contributed by atoms with van der Waals surface area (Å²) < 4.78 is 27.1. The molecule has 0 bridgehead atoms. The molecule has 1 fully saturated rings. The van der Waals surface area contributed by atoms with Gasteiger partial charge in [0, 0.05) is 31.7 Å². The van der Waals surface area contributed by atoms with E-state index in [1.807, 2.05) is 25.1 Å². The third-order valence-electron chi connectivity index (χ3n) is 4.56. The quantitative estimate of drug-likeness (QED) is 0.896. The molecule has 3 rings (SSSR count). The predicted molar refractivity (Wildman–Crippen MR) is 93.9 cm³/mol. The third kappa shape index (κ3) is 3.19. The Labute approximate surface area is 147 Å². The van der Waals surface area contributed by atoms with E-state index in [0.29, 0.717) is 30.0 Å². The minimum Gasteiger partial charge on any atom is -0.336 e. The molecule has 1 aromatic carbocycles. The number of amides is 1. The fourth-order valence-electron chi connectivity index (χ4n) is 3.16. The minimum atomic E-state index is -3.60. The molecule has 0 aliphatic carbocycles. The smallest absolute Gasteiger partial charge is 0.254 e. The molecule has 1 aliphatic heterocycles. The molecular formula is C17H22N4O3S. The van der Waals surface area contributed by atoms with Crippen LogP contribution in [0.3, 0.4) is 0 Å². The van der Waals surface area contributed by atoms with Crippen molar-refractivity contribution in [2.75, 3.05) is 26.2 Å². The van der Waals surface area contributed by atoms with Gasteiger partial charge in [0.2, 0.25) is 10.0 Å². The highest BCUT2D eigenvalue weighted by molar-refractivity contribution is 7.89. The lowest BCUT2D eigenvalue weighted by atomic mass is 10.1. The van der Waals surface area contributed by atoms with Crippen LogP contribution in [-0.2, 0) is 10.0 Å². The van der Waals surface area contributed by atoms with Crippen LogP contribution < -0.4 is 0 Å². The van der Waals surface area contributed by atoms with Gasteiger partial charge in [-0.05, 0) is 32.4 Å². The zero-order chi connectivity index (χ0) is 18.2. The van der Waals surface area contributed by atoms with E-state index in [0.717, 1.165) is 5.56 Å². The lowest BCUT2D eigenvalue weighted by molar-refractivity contribution is 0.0697. The van der Waals surface area contributed by atoms with E-state index in [-0.39, 0.29) is 23.9 Å². The number of hydrogen-bond acceptors (Lipinski definition) is 4. The normalized spacial score (nSPS) is 16.2. The largest absolute Gasteiger partial charge is 0.336 e. The van der Waals surface area contributed by atoms with Gasteiger partial charge in [-0.15, -0.1) is 0 Å².